The molecular formula is C14H23N. The smallest absolute Gasteiger partial charge is 0.0105 e. The largest absolute Gasteiger partial charge is 0.327 e. The molecule has 0 amide bonds. The van der Waals surface area contributed by atoms with Gasteiger partial charge in [-0.25, -0.2) is 0 Å². The van der Waals surface area contributed by atoms with Gasteiger partial charge >= 0.3 is 0 Å². The lowest BCUT2D eigenvalue weighted by molar-refractivity contribution is 0.420. The van der Waals surface area contributed by atoms with Gasteiger partial charge in [0.1, 0.15) is 0 Å². The molecule has 15 heavy (non-hydrogen) atoms. The predicted octanol–water partition coefficient (Wildman–Crippen LogP) is 3.30. The summed E-state index contributed by atoms with van der Waals surface area (Å²) in [7, 11) is 0. The van der Waals surface area contributed by atoms with Crippen LogP contribution < -0.4 is 5.73 Å². The molecular weight excluding hydrogens is 182 g/mol. The van der Waals surface area contributed by atoms with Gasteiger partial charge < -0.3 is 5.73 Å². The van der Waals surface area contributed by atoms with E-state index in [1.807, 2.05) is 0 Å². The van der Waals surface area contributed by atoms with Crippen LogP contribution in [-0.2, 0) is 6.42 Å². The lowest BCUT2D eigenvalue weighted by Crippen LogP contribution is -2.30. The number of aryl methyl sites for hydroxylation is 1. The highest BCUT2D eigenvalue weighted by molar-refractivity contribution is 5.22. The Labute approximate surface area is 93.7 Å². The molecule has 1 aromatic rings. The van der Waals surface area contributed by atoms with Gasteiger partial charge in [-0.3, -0.25) is 0 Å². The van der Waals surface area contributed by atoms with Crippen LogP contribution in [0.15, 0.2) is 24.3 Å². The normalized spacial score (nSPS) is 14.9. The average Bonchev–Trinajstić information content (AvgIpc) is 2.22. The van der Waals surface area contributed by atoms with Crippen molar-refractivity contribution in [3.05, 3.63) is 35.4 Å². The second-order valence-electron chi connectivity index (χ2n) is 4.62. The van der Waals surface area contributed by atoms with Crippen LogP contribution in [-0.4, -0.2) is 6.04 Å². The molecule has 1 aromatic carbocycles. The summed E-state index contributed by atoms with van der Waals surface area (Å²) in [6.45, 7) is 6.58. The maximum atomic E-state index is 6.17. The summed E-state index contributed by atoms with van der Waals surface area (Å²) in [5.41, 5.74) is 8.84. The van der Waals surface area contributed by atoms with Gasteiger partial charge in [0.2, 0.25) is 0 Å². The first-order valence-electron chi connectivity index (χ1n) is 5.94. The number of nitrogens with two attached hydrogens (primary N) is 1. The fourth-order valence-electron chi connectivity index (χ4n) is 1.87. The van der Waals surface area contributed by atoms with Crippen LogP contribution in [0.2, 0.25) is 0 Å². The molecule has 0 heterocycles. The van der Waals surface area contributed by atoms with Crippen LogP contribution in [0.3, 0.4) is 0 Å². The van der Waals surface area contributed by atoms with Crippen molar-refractivity contribution in [3.63, 3.8) is 0 Å². The standard InChI is InChI=1S/C14H23N/c1-4-5-12(3)14(15)10-13-8-6-11(2)7-9-13/h6-9,12,14H,4-5,10,15H2,1-3H3. The molecule has 0 aliphatic heterocycles. The quantitative estimate of drug-likeness (QED) is 0.784. The van der Waals surface area contributed by atoms with E-state index < -0.39 is 0 Å². The highest BCUT2D eigenvalue weighted by Crippen LogP contribution is 2.14. The van der Waals surface area contributed by atoms with Gasteiger partial charge in [0, 0.05) is 6.04 Å². The highest BCUT2D eigenvalue weighted by Gasteiger charge is 2.11. The van der Waals surface area contributed by atoms with Gasteiger partial charge in [-0.05, 0) is 31.2 Å². The first-order valence-corrected chi connectivity index (χ1v) is 5.94. The maximum Gasteiger partial charge on any atom is 0.0105 e. The third-order valence-electron chi connectivity index (χ3n) is 3.07. The van der Waals surface area contributed by atoms with Crippen LogP contribution in [0.4, 0.5) is 0 Å². The van der Waals surface area contributed by atoms with Crippen LogP contribution in [0.1, 0.15) is 37.8 Å². The number of hydrogen-bond acceptors (Lipinski definition) is 1. The van der Waals surface area contributed by atoms with E-state index in [0.717, 1.165) is 6.42 Å². The molecule has 1 rings (SSSR count). The van der Waals surface area contributed by atoms with E-state index in [9.17, 15) is 0 Å². The Hall–Kier alpha value is -0.820. The molecule has 0 bridgehead atoms. The molecule has 0 aliphatic carbocycles. The SMILES string of the molecule is CCCC(C)C(N)Cc1ccc(C)cc1. The summed E-state index contributed by atoms with van der Waals surface area (Å²) in [5, 5.41) is 0. The molecule has 0 aliphatic rings. The first-order chi connectivity index (χ1) is 7.13. The van der Waals surface area contributed by atoms with Crippen molar-refractivity contribution in [1.82, 2.24) is 0 Å². The van der Waals surface area contributed by atoms with Crippen molar-refractivity contribution >= 4 is 0 Å². The Morgan fingerprint density at radius 1 is 1.20 bits per heavy atom. The van der Waals surface area contributed by atoms with E-state index in [-0.39, 0.29) is 0 Å². The van der Waals surface area contributed by atoms with Gasteiger partial charge in [-0.15, -0.1) is 0 Å². The summed E-state index contributed by atoms with van der Waals surface area (Å²) in [6, 6.07) is 8.99. The van der Waals surface area contributed by atoms with Crippen LogP contribution in [0.5, 0.6) is 0 Å². The molecule has 0 saturated carbocycles. The van der Waals surface area contributed by atoms with Crippen LogP contribution in [0, 0.1) is 12.8 Å². The number of hydrogen-bond donors (Lipinski definition) is 1. The number of rotatable bonds is 5. The molecule has 2 unspecified atom stereocenters. The predicted molar refractivity (Wildman–Crippen MR) is 66.9 cm³/mol. The molecule has 0 radical (unpaired) electrons. The summed E-state index contributed by atoms with van der Waals surface area (Å²) in [4.78, 5) is 0. The first kappa shape index (κ1) is 12.3. The van der Waals surface area contributed by atoms with E-state index >= 15 is 0 Å². The van der Waals surface area contributed by atoms with Crippen molar-refractivity contribution in [3.8, 4) is 0 Å². The van der Waals surface area contributed by atoms with Gasteiger partial charge in [0.05, 0.1) is 0 Å². The van der Waals surface area contributed by atoms with E-state index in [0.29, 0.717) is 12.0 Å². The van der Waals surface area contributed by atoms with Crippen LogP contribution >= 0.6 is 0 Å². The minimum Gasteiger partial charge on any atom is -0.327 e. The molecule has 0 fully saturated rings. The van der Waals surface area contributed by atoms with Crippen molar-refractivity contribution in [1.29, 1.82) is 0 Å². The zero-order valence-corrected chi connectivity index (χ0v) is 10.2. The molecule has 0 saturated heterocycles. The van der Waals surface area contributed by atoms with Gasteiger partial charge in [0.25, 0.3) is 0 Å². The zero-order valence-electron chi connectivity index (χ0n) is 10.2. The lowest BCUT2D eigenvalue weighted by Gasteiger charge is -2.19. The average molecular weight is 205 g/mol. The topological polar surface area (TPSA) is 26.0 Å². The Bertz CT molecular complexity index is 276. The van der Waals surface area contributed by atoms with E-state index in [2.05, 4.69) is 45.0 Å². The van der Waals surface area contributed by atoms with E-state index in [1.54, 1.807) is 0 Å². The zero-order chi connectivity index (χ0) is 11.3. The molecule has 0 aromatic heterocycles. The van der Waals surface area contributed by atoms with Crippen molar-refractivity contribution in [2.45, 2.75) is 46.1 Å². The molecule has 1 heteroatoms. The van der Waals surface area contributed by atoms with Gasteiger partial charge in [-0.2, -0.15) is 0 Å². The number of benzene rings is 1. The maximum absolute atomic E-state index is 6.17. The fourth-order valence-corrected chi connectivity index (χ4v) is 1.87. The molecule has 2 N–H and O–H groups in total. The monoisotopic (exact) mass is 205 g/mol. The summed E-state index contributed by atoms with van der Waals surface area (Å²) >= 11 is 0. The summed E-state index contributed by atoms with van der Waals surface area (Å²) in [6.07, 6.45) is 3.46. The second-order valence-corrected chi connectivity index (χ2v) is 4.62. The highest BCUT2D eigenvalue weighted by atomic mass is 14.6. The van der Waals surface area contributed by atoms with E-state index in [4.69, 9.17) is 5.73 Å². The molecule has 2 atom stereocenters. The van der Waals surface area contributed by atoms with Crippen molar-refractivity contribution in [2.75, 3.05) is 0 Å². The fraction of sp³-hybridized carbons (Fsp3) is 0.571. The Morgan fingerprint density at radius 2 is 1.80 bits per heavy atom. The molecule has 1 nitrogen and oxygen atoms in total. The Morgan fingerprint density at radius 3 is 2.33 bits per heavy atom. The molecule has 84 valence electrons. The van der Waals surface area contributed by atoms with Crippen molar-refractivity contribution in [2.24, 2.45) is 11.7 Å². The van der Waals surface area contributed by atoms with Gasteiger partial charge in [0.15, 0.2) is 0 Å². The van der Waals surface area contributed by atoms with Crippen molar-refractivity contribution < 1.29 is 0 Å². The third-order valence-corrected chi connectivity index (χ3v) is 3.07. The lowest BCUT2D eigenvalue weighted by atomic mass is 9.92. The van der Waals surface area contributed by atoms with Gasteiger partial charge in [-0.1, -0.05) is 50.1 Å². The minimum absolute atomic E-state index is 0.299. The third kappa shape index (κ3) is 4.05. The summed E-state index contributed by atoms with van der Waals surface area (Å²) in [5.74, 6) is 0.622. The summed E-state index contributed by atoms with van der Waals surface area (Å²) < 4.78 is 0. The second kappa shape index (κ2) is 5.92. The molecule has 0 spiro atoms. The Balaban J connectivity index is 2.50. The van der Waals surface area contributed by atoms with E-state index in [1.165, 1.54) is 24.0 Å². The minimum atomic E-state index is 0.299. The van der Waals surface area contributed by atoms with Crippen LogP contribution in [0.25, 0.3) is 0 Å². The Kier molecular flexibility index (Phi) is 4.83.